The molecule has 14 heavy (non-hydrogen) atoms. The molecule has 0 bridgehead atoms. The molecule has 3 nitrogen and oxygen atoms in total. The molecule has 0 aliphatic carbocycles. The number of hydrogen-bond acceptors (Lipinski definition) is 3. The summed E-state index contributed by atoms with van der Waals surface area (Å²) in [4.78, 5) is 0. The van der Waals surface area contributed by atoms with Crippen LogP contribution in [0.2, 0.25) is 0 Å². The van der Waals surface area contributed by atoms with Crippen molar-refractivity contribution in [1.82, 2.24) is 0 Å². The van der Waals surface area contributed by atoms with Gasteiger partial charge in [0.1, 0.15) is 11.8 Å². The van der Waals surface area contributed by atoms with E-state index in [2.05, 4.69) is 6.07 Å². The maximum Gasteiger partial charge on any atom is 0.174 e. The minimum atomic E-state index is 0.0353. The highest BCUT2D eigenvalue weighted by Gasteiger charge is 2.05. The quantitative estimate of drug-likeness (QED) is 0.710. The Balaban J connectivity index is 3.08. The van der Waals surface area contributed by atoms with E-state index in [1.807, 2.05) is 19.9 Å². The van der Waals surface area contributed by atoms with E-state index in [9.17, 15) is 0 Å². The molecule has 1 aromatic rings. The van der Waals surface area contributed by atoms with Gasteiger partial charge in [0.15, 0.2) is 6.61 Å². The summed E-state index contributed by atoms with van der Waals surface area (Å²) in [7, 11) is 0. The molecule has 0 N–H and O–H groups in total. The summed E-state index contributed by atoms with van der Waals surface area (Å²) >= 11 is 0. The predicted octanol–water partition coefficient (Wildman–Crippen LogP) is 2.08. The van der Waals surface area contributed by atoms with Crippen LogP contribution >= 0.6 is 0 Å². The third-order valence-electron chi connectivity index (χ3n) is 1.87. The maximum atomic E-state index is 8.71. The Bertz CT molecular complexity index is 401. The van der Waals surface area contributed by atoms with Crippen LogP contribution in [0.25, 0.3) is 0 Å². The average molecular weight is 186 g/mol. The second kappa shape index (κ2) is 4.30. The summed E-state index contributed by atoms with van der Waals surface area (Å²) in [5, 5.41) is 17.1. The van der Waals surface area contributed by atoms with Gasteiger partial charge in [-0.15, -0.1) is 0 Å². The highest BCUT2D eigenvalue weighted by molar-refractivity contribution is 5.47. The van der Waals surface area contributed by atoms with Crippen LogP contribution in [0.15, 0.2) is 12.1 Å². The van der Waals surface area contributed by atoms with E-state index in [0.717, 1.165) is 11.1 Å². The molecule has 0 aliphatic rings. The summed E-state index contributed by atoms with van der Waals surface area (Å²) in [5.41, 5.74) is 2.39. The lowest BCUT2D eigenvalue weighted by molar-refractivity contribution is 0.363. The molecule has 0 radical (unpaired) electrons. The molecule has 3 heteroatoms. The van der Waals surface area contributed by atoms with E-state index in [0.29, 0.717) is 11.3 Å². The third kappa shape index (κ3) is 2.02. The van der Waals surface area contributed by atoms with Gasteiger partial charge >= 0.3 is 0 Å². The Kier molecular flexibility index (Phi) is 3.09. The summed E-state index contributed by atoms with van der Waals surface area (Å²) in [5.74, 6) is 0.700. The van der Waals surface area contributed by atoms with Crippen molar-refractivity contribution in [3.63, 3.8) is 0 Å². The second-order valence-corrected chi connectivity index (χ2v) is 3.00. The van der Waals surface area contributed by atoms with E-state index in [-0.39, 0.29) is 6.61 Å². The maximum absolute atomic E-state index is 8.71. The summed E-state index contributed by atoms with van der Waals surface area (Å²) in [6.07, 6.45) is 0. The van der Waals surface area contributed by atoms with E-state index in [1.54, 1.807) is 12.1 Å². The molecule has 0 saturated carbocycles. The SMILES string of the molecule is Cc1cc(C#N)cc(C)c1OCC#N. The number of rotatable bonds is 2. The molecule has 1 rings (SSSR count). The van der Waals surface area contributed by atoms with Gasteiger partial charge in [-0.2, -0.15) is 10.5 Å². The Labute approximate surface area is 83.2 Å². The van der Waals surface area contributed by atoms with Crippen LogP contribution in [0.4, 0.5) is 0 Å². The van der Waals surface area contributed by atoms with E-state index in [4.69, 9.17) is 15.3 Å². The van der Waals surface area contributed by atoms with Gasteiger partial charge in [-0.05, 0) is 37.1 Å². The number of hydrogen-bond donors (Lipinski definition) is 0. The first-order valence-electron chi connectivity index (χ1n) is 4.20. The third-order valence-corrected chi connectivity index (χ3v) is 1.87. The number of nitriles is 2. The van der Waals surface area contributed by atoms with Gasteiger partial charge < -0.3 is 4.74 Å². The molecule has 1 aromatic carbocycles. The molecular formula is C11H10N2O. The van der Waals surface area contributed by atoms with Gasteiger partial charge in [-0.1, -0.05) is 0 Å². The molecule has 0 aromatic heterocycles. The topological polar surface area (TPSA) is 56.8 Å². The largest absolute Gasteiger partial charge is 0.478 e. The van der Waals surface area contributed by atoms with Gasteiger partial charge in [0.05, 0.1) is 11.6 Å². The van der Waals surface area contributed by atoms with Crippen molar-refractivity contribution in [2.24, 2.45) is 0 Å². The molecule has 70 valence electrons. The zero-order valence-corrected chi connectivity index (χ0v) is 8.16. The van der Waals surface area contributed by atoms with Gasteiger partial charge in [0.25, 0.3) is 0 Å². The van der Waals surface area contributed by atoms with Crippen molar-refractivity contribution in [2.45, 2.75) is 13.8 Å². The summed E-state index contributed by atoms with van der Waals surface area (Å²) < 4.78 is 5.25. The molecule has 0 aliphatic heterocycles. The van der Waals surface area contributed by atoms with Crippen LogP contribution < -0.4 is 4.74 Å². The smallest absolute Gasteiger partial charge is 0.174 e. The standard InChI is InChI=1S/C11H10N2O/c1-8-5-10(7-13)6-9(2)11(8)14-4-3-12/h5-6H,4H2,1-2H3. The Morgan fingerprint density at radius 3 is 2.21 bits per heavy atom. The summed E-state index contributed by atoms with van der Waals surface area (Å²) in [6, 6.07) is 7.48. The van der Waals surface area contributed by atoms with Gasteiger partial charge in [0, 0.05) is 0 Å². The van der Waals surface area contributed by atoms with Crippen LogP contribution in [0, 0.1) is 36.5 Å². The van der Waals surface area contributed by atoms with Crippen molar-refractivity contribution in [3.05, 3.63) is 28.8 Å². The fourth-order valence-electron chi connectivity index (χ4n) is 1.35. The summed E-state index contributed by atoms with van der Waals surface area (Å²) in [6.45, 7) is 3.76. The second-order valence-electron chi connectivity index (χ2n) is 3.00. The Morgan fingerprint density at radius 2 is 1.79 bits per heavy atom. The van der Waals surface area contributed by atoms with E-state index in [1.165, 1.54) is 0 Å². The average Bonchev–Trinajstić information content (AvgIpc) is 2.16. The zero-order chi connectivity index (χ0) is 10.6. The molecule has 0 heterocycles. The Hall–Kier alpha value is -2.00. The first-order chi connectivity index (χ1) is 6.69. The molecule has 0 amide bonds. The van der Waals surface area contributed by atoms with E-state index >= 15 is 0 Å². The lowest BCUT2D eigenvalue weighted by atomic mass is 10.1. The lowest BCUT2D eigenvalue weighted by Gasteiger charge is -2.09. The number of nitrogens with zero attached hydrogens (tertiary/aromatic N) is 2. The predicted molar refractivity (Wildman–Crippen MR) is 51.7 cm³/mol. The zero-order valence-electron chi connectivity index (χ0n) is 8.16. The minimum absolute atomic E-state index is 0.0353. The van der Waals surface area contributed by atoms with Crippen LogP contribution in [0.5, 0.6) is 5.75 Å². The van der Waals surface area contributed by atoms with Crippen LogP contribution in [-0.2, 0) is 0 Å². The molecule has 0 saturated heterocycles. The van der Waals surface area contributed by atoms with Crippen molar-refractivity contribution >= 4 is 0 Å². The molecular weight excluding hydrogens is 176 g/mol. The number of aryl methyl sites for hydroxylation is 2. The van der Waals surface area contributed by atoms with Crippen LogP contribution in [0.3, 0.4) is 0 Å². The molecule has 0 unspecified atom stereocenters. The fraction of sp³-hybridized carbons (Fsp3) is 0.273. The lowest BCUT2D eigenvalue weighted by Crippen LogP contribution is -1.98. The van der Waals surface area contributed by atoms with Crippen molar-refractivity contribution in [2.75, 3.05) is 6.61 Å². The highest BCUT2D eigenvalue weighted by Crippen LogP contribution is 2.24. The highest BCUT2D eigenvalue weighted by atomic mass is 16.5. The fourth-order valence-corrected chi connectivity index (χ4v) is 1.35. The van der Waals surface area contributed by atoms with Crippen LogP contribution in [0.1, 0.15) is 16.7 Å². The van der Waals surface area contributed by atoms with Crippen molar-refractivity contribution in [1.29, 1.82) is 10.5 Å². The molecule has 0 fully saturated rings. The first-order valence-corrected chi connectivity index (χ1v) is 4.20. The van der Waals surface area contributed by atoms with Crippen LogP contribution in [-0.4, -0.2) is 6.61 Å². The minimum Gasteiger partial charge on any atom is -0.478 e. The normalized spacial score (nSPS) is 8.86. The monoisotopic (exact) mass is 186 g/mol. The van der Waals surface area contributed by atoms with Crippen molar-refractivity contribution < 1.29 is 4.74 Å². The van der Waals surface area contributed by atoms with Gasteiger partial charge in [-0.3, -0.25) is 0 Å². The molecule has 0 atom stereocenters. The first kappa shape index (κ1) is 10.1. The molecule has 0 spiro atoms. The van der Waals surface area contributed by atoms with Gasteiger partial charge in [0.2, 0.25) is 0 Å². The number of ether oxygens (including phenoxy) is 1. The Morgan fingerprint density at radius 1 is 1.21 bits per heavy atom. The van der Waals surface area contributed by atoms with Crippen molar-refractivity contribution in [3.8, 4) is 17.9 Å². The number of benzene rings is 1. The van der Waals surface area contributed by atoms with Gasteiger partial charge in [-0.25, -0.2) is 0 Å². The van der Waals surface area contributed by atoms with E-state index < -0.39 is 0 Å².